The number of rotatable bonds is 28. The van der Waals surface area contributed by atoms with Gasteiger partial charge in [-0.2, -0.15) is 0 Å². The Kier molecular flexibility index (Phi) is 77.2. The molecule has 3 aliphatic heterocycles. The Labute approximate surface area is 531 Å². The fraction of sp³-hybridized carbons (Fsp3) is 1.00. The average Bonchev–Trinajstić information content (AvgIpc) is 4.21. The molecule has 4 fully saturated rings. The number of ether oxygens (including phenoxy) is 4. The second-order valence-electron chi connectivity index (χ2n) is 30.3. The predicted molar refractivity (Wildman–Crippen MR) is 376 cm³/mol. The number of halogens is 2. The van der Waals surface area contributed by atoms with Crippen LogP contribution in [0.5, 0.6) is 0 Å². The highest BCUT2D eigenvalue weighted by Gasteiger charge is 2.22. The fourth-order valence-corrected chi connectivity index (χ4v) is 8.66. The Morgan fingerprint density at radius 3 is 0.786 bits per heavy atom. The maximum Gasteiger partial charge on any atom is 0.114 e. The van der Waals surface area contributed by atoms with Crippen molar-refractivity contribution in [3.63, 3.8) is 0 Å². The van der Waals surface area contributed by atoms with E-state index in [2.05, 4.69) is 181 Å². The summed E-state index contributed by atoms with van der Waals surface area (Å²) in [6, 6.07) is 0. The van der Waals surface area contributed by atoms with Crippen molar-refractivity contribution in [2.24, 2.45) is 53.3 Å². The van der Waals surface area contributed by atoms with Crippen molar-refractivity contribution in [1.82, 2.24) is 14.7 Å². The van der Waals surface area contributed by atoms with Gasteiger partial charge in [0.2, 0.25) is 0 Å². The molecule has 1 aliphatic carbocycles. The molecule has 4 aliphatic rings. The summed E-state index contributed by atoms with van der Waals surface area (Å²) in [6.45, 7) is 73.3. The van der Waals surface area contributed by atoms with E-state index < -0.39 is 12.3 Å². The van der Waals surface area contributed by atoms with Crippen LogP contribution in [0.1, 0.15) is 316 Å². The van der Waals surface area contributed by atoms with Gasteiger partial charge in [-0.1, -0.05) is 203 Å². The highest BCUT2D eigenvalue weighted by atomic mass is 19.1. The average molecular weight is 1210 g/mol. The Hall–Kier alpha value is -0.420. The van der Waals surface area contributed by atoms with E-state index in [-0.39, 0.29) is 0 Å². The Morgan fingerprint density at radius 1 is 0.310 bits per heavy atom. The molecule has 0 amide bonds. The van der Waals surface area contributed by atoms with Gasteiger partial charge in [0.1, 0.15) is 12.3 Å². The van der Waals surface area contributed by atoms with Crippen LogP contribution in [0.25, 0.3) is 0 Å². The fourth-order valence-electron chi connectivity index (χ4n) is 8.66. The van der Waals surface area contributed by atoms with E-state index in [4.69, 9.17) is 18.9 Å². The molecule has 0 unspecified atom stereocenters. The summed E-state index contributed by atoms with van der Waals surface area (Å²) >= 11 is 0. The van der Waals surface area contributed by atoms with Crippen molar-refractivity contribution >= 4 is 0 Å². The van der Waals surface area contributed by atoms with Gasteiger partial charge in [0, 0.05) is 72.2 Å². The van der Waals surface area contributed by atoms with Crippen LogP contribution in [0, 0.1) is 53.3 Å². The molecule has 0 bridgehead atoms. The minimum absolute atomic E-state index is 0.313. The second-order valence-corrected chi connectivity index (χ2v) is 30.3. The third-order valence-electron chi connectivity index (χ3n) is 12.6. The number of alkyl halides is 2. The van der Waals surface area contributed by atoms with Crippen LogP contribution < -0.4 is 0 Å². The van der Waals surface area contributed by atoms with Crippen LogP contribution in [0.3, 0.4) is 0 Å². The molecule has 0 N–H and O–H groups in total. The summed E-state index contributed by atoms with van der Waals surface area (Å²) in [7, 11) is 0. The molecule has 84 heavy (non-hydrogen) atoms. The van der Waals surface area contributed by atoms with Crippen molar-refractivity contribution in [2.45, 2.75) is 353 Å². The molecule has 0 aromatic rings. The van der Waals surface area contributed by atoms with Gasteiger partial charge >= 0.3 is 0 Å². The number of hydrogen-bond donors (Lipinski definition) is 0. The predicted octanol–water partition coefficient (Wildman–Crippen LogP) is 22.6. The third kappa shape index (κ3) is 103. The molecule has 3 saturated heterocycles. The number of likely N-dealkylation sites (tertiary alicyclic amines) is 3. The normalized spacial score (nSPS) is 17.2. The molecule has 9 heteroatoms. The highest BCUT2D eigenvalue weighted by Crippen LogP contribution is 2.28. The number of hydrogen-bond acceptors (Lipinski definition) is 7. The van der Waals surface area contributed by atoms with Crippen molar-refractivity contribution in [3.8, 4) is 0 Å². The monoisotopic (exact) mass is 1210 g/mol. The van der Waals surface area contributed by atoms with E-state index in [9.17, 15) is 8.78 Å². The zero-order valence-electron chi connectivity index (χ0n) is 63.0. The molecule has 1 saturated carbocycles. The first-order valence-electron chi connectivity index (χ1n) is 36.0. The minimum Gasteiger partial charge on any atom is -0.379 e. The molecule has 2 atom stereocenters. The van der Waals surface area contributed by atoms with Crippen LogP contribution in [0.2, 0.25) is 0 Å². The zero-order valence-corrected chi connectivity index (χ0v) is 63.0. The topological polar surface area (TPSA) is 46.6 Å². The molecular formula is C75H163F2N3O4. The van der Waals surface area contributed by atoms with Gasteiger partial charge in [-0.05, 0) is 180 Å². The van der Waals surface area contributed by atoms with E-state index in [1.807, 2.05) is 27.7 Å². The molecule has 4 rings (SSSR count). The maximum atomic E-state index is 12.7. The van der Waals surface area contributed by atoms with Gasteiger partial charge in [0.25, 0.3) is 0 Å². The quantitative estimate of drug-likeness (QED) is 0.0724. The highest BCUT2D eigenvalue weighted by molar-refractivity contribution is 4.75. The largest absolute Gasteiger partial charge is 0.379 e. The van der Waals surface area contributed by atoms with Gasteiger partial charge in [-0.3, -0.25) is 0 Å². The molecule has 0 aromatic heterocycles. The van der Waals surface area contributed by atoms with Crippen molar-refractivity contribution in [2.75, 3.05) is 85.3 Å². The van der Waals surface area contributed by atoms with Gasteiger partial charge in [0.05, 0.1) is 24.4 Å². The van der Waals surface area contributed by atoms with Crippen LogP contribution in [-0.2, 0) is 18.9 Å². The summed E-state index contributed by atoms with van der Waals surface area (Å²) in [5.41, 5.74) is 0. The molecule has 0 spiro atoms. The summed E-state index contributed by atoms with van der Waals surface area (Å²) in [5.74, 6) is 7.93. The van der Waals surface area contributed by atoms with Crippen LogP contribution in [0.15, 0.2) is 0 Å². The third-order valence-corrected chi connectivity index (χ3v) is 12.6. The minimum atomic E-state index is -0.592. The van der Waals surface area contributed by atoms with Gasteiger partial charge in [-0.25, -0.2) is 8.78 Å². The van der Waals surface area contributed by atoms with E-state index in [0.29, 0.717) is 50.3 Å². The van der Waals surface area contributed by atoms with E-state index in [1.165, 1.54) is 116 Å². The lowest BCUT2D eigenvalue weighted by Gasteiger charge is -2.14. The van der Waals surface area contributed by atoms with E-state index in [1.54, 1.807) is 0 Å². The first kappa shape index (κ1) is 94.7. The van der Waals surface area contributed by atoms with Crippen molar-refractivity contribution in [1.29, 1.82) is 0 Å². The Balaban J connectivity index is -0.000000207. The zero-order chi connectivity index (χ0) is 65.8. The SMILES string of the molecule is CC(C)C.CC(C)C.CC(C)C.CC(C)C.CC(C)CCCC(C)C.CC(C)CCCC(C)C.CC(C)OCCCC1CCCC1.CC(C)OCCCN1CCCC1.CC(C)OCCCN1CC[C@@H](F)C1.CC(C)OCCCN1CC[C@H](F)C1. The van der Waals surface area contributed by atoms with Crippen molar-refractivity contribution in [3.05, 3.63) is 0 Å². The maximum absolute atomic E-state index is 12.7. The molecule has 0 aromatic carbocycles. The van der Waals surface area contributed by atoms with Crippen molar-refractivity contribution < 1.29 is 27.7 Å². The summed E-state index contributed by atoms with van der Waals surface area (Å²) in [4.78, 5) is 6.88. The Bertz CT molecular complexity index is 1060. The van der Waals surface area contributed by atoms with Crippen LogP contribution in [-0.4, -0.2) is 137 Å². The summed E-state index contributed by atoms with van der Waals surface area (Å²) in [6.07, 6.45) is 24.7. The van der Waals surface area contributed by atoms with E-state index in [0.717, 1.165) is 119 Å². The summed E-state index contributed by atoms with van der Waals surface area (Å²) < 4.78 is 47.3. The van der Waals surface area contributed by atoms with Gasteiger partial charge in [0.15, 0.2) is 0 Å². The lowest BCUT2D eigenvalue weighted by molar-refractivity contribution is 0.0715. The Morgan fingerprint density at radius 2 is 0.560 bits per heavy atom. The second kappa shape index (κ2) is 68.5. The molecular weight excluding hydrogens is 1040 g/mol. The molecule has 3 heterocycles. The van der Waals surface area contributed by atoms with Crippen LogP contribution in [0.4, 0.5) is 8.78 Å². The van der Waals surface area contributed by atoms with E-state index >= 15 is 0 Å². The molecule has 7 nitrogen and oxygen atoms in total. The number of nitrogens with zero attached hydrogens (tertiary/aromatic N) is 3. The molecule has 0 radical (unpaired) electrons. The van der Waals surface area contributed by atoms with Crippen LogP contribution >= 0.6 is 0 Å². The van der Waals surface area contributed by atoms with Gasteiger partial charge in [-0.15, -0.1) is 0 Å². The lowest BCUT2D eigenvalue weighted by Crippen LogP contribution is -2.23. The van der Waals surface area contributed by atoms with Gasteiger partial charge < -0.3 is 33.6 Å². The standard InChI is InChI=1S/C11H22O.2C10H20FNO.C10H21NO.2C9H20.4C4H10/c1-10(2)12-9-5-8-11-6-3-4-7-11;2*1-9(2)13-7-3-5-12-6-4-10(11)8-12;1-10(2)12-9-5-8-11-6-3-4-7-11;2*1-8(2)6-5-7-9(3)4;4*1-4(2)3/h10-11H,3-9H2,1-2H3;2*9-10H,3-8H2,1-2H3;10H,3-9H2,1-2H3;2*8-9H,5-7H2,1-4H3;4*4H,1-3H3/t;2*10-;;;;;;;/m.10......./s1. The first-order valence-corrected chi connectivity index (χ1v) is 36.0. The molecule has 516 valence electrons. The summed E-state index contributed by atoms with van der Waals surface area (Å²) in [5, 5.41) is 0. The smallest absolute Gasteiger partial charge is 0.114 e. The first-order chi connectivity index (χ1) is 39.1. The lowest BCUT2D eigenvalue weighted by atomic mass is 10.0.